The molecule has 4 aliphatic rings. The average Bonchev–Trinajstić information content (AvgIpc) is 2.41. The Morgan fingerprint density at radius 1 is 1.09 bits per heavy atom. The second-order valence-corrected chi connectivity index (χ2v) is 8.02. The van der Waals surface area contributed by atoms with E-state index in [0.717, 1.165) is 29.9 Å². The number of carbonyl (C=O) groups is 2. The lowest BCUT2D eigenvalue weighted by Crippen LogP contribution is -2.51. The van der Waals surface area contributed by atoms with Gasteiger partial charge in [0.05, 0.1) is 0 Å². The molecular weight excluding hydrogens is 278 g/mol. The lowest BCUT2D eigenvalue weighted by Gasteiger charge is -2.56. The quantitative estimate of drug-likeness (QED) is 0.627. The molecule has 0 aromatic heterocycles. The van der Waals surface area contributed by atoms with Crippen molar-refractivity contribution in [1.82, 2.24) is 5.32 Å². The van der Waals surface area contributed by atoms with E-state index in [1.54, 1.807) is 0 Å². The molecule has 122 valence electrons. The van der Waals surface area contributed by atoms with E-state index in [2.05, 4.69) is 5.32 Å². The first kappa shape index (κ1) is 15.6. The van der Waals surface area contributed by atoms with Crippen LogP contribution in [0.2, 0.25) is 0 Å². The molecule has 0 radical (unpaired) electrons. The Labute approximate surface area is 132 Å². The van der Waals surface area contributed by atoms with Gasteiger partial charge >= 0.3 is 5.97 Å². The monoisotopic (exact) mass is 305 g/mol. The zero-order valence-corrected chi connectivity index (χ0v) is 13.7. The number of carbonyl (C=O) groups excluding carboxylic acids is 2. The van der Waals surface area contributed by atoms with Crippen molar-refractivity contribution in [2.75, 3.05) is 13.2 Å². The molecule has 0 saturated heterocycles. The SMILES string of the molecule is CC(C)=CC(=O)OCC(=O)NCC12CC3CC(CC(C3)C1)C2. The van der Waals surface area contributed by atoms with E-state index in [9.17, 15) is 9.59 Å². The van der Waals surface area contributed by atoms with Crippen LogP contribution in [0.3, 0.4) is 0 Å². The number of ether oxygens (including phenoxy) is 1. The molecule has 4 bridgehead atoms. The number of amides is 1. The first-order valence-electron chi connectivity index (χ1n) is 8.52. The summed E-state index contributed by atoms with van der Waals surface area (Å²) in [5.74, 6) is 2.05. The van der Waals surface area contributed by atoms with E-state index >= 15 is 0 Å². The molecule has 0 heterocycles. The van der Waals surface area contributed by atoms with E-state index in [0.29, 0.717) is 5.41 Å². The highest BCUT2D eigenvalue weighted by Gasteiger charge is 2.50. The Bertz CT molecular complexity index is 455. The van der Waals surface area contributed by atoms with Gasteiger partial charge in [0.15, 0.2) is 6.61 Å². The number of hydrogen-bond donors (Lipinski definition) is 1. The third-order valence-corrected chi connectivity index (χ3v) is 5.58. The molecule has 4 rings (SSSR count). The van der Waals surface area contributed by atoms with Gasteiger partial charge in [0.2, 0.25) is 0 Å². The fraction of sp³-hybridized carbons (Fsp3) is 0.778. The molecule has 4 heteroatoms. The molecule has 0 aromatic carbocycles. The molecule has 0 aromatic rings. The van der Waals surface area contributed by atoms with Crippen molar-refractivity contribution in [3.63, 3.8) is 0 Å². The normalized spacial score (nSPS) is 35.1. The van der Waals surface area contributed by atoms with Crippen molar-refractivity contribution in [1.29, 1.82) is 0 Å². The van der Waals surface area contributed by atoms with Crippen molar-refractivity contribution >= 4 is 11.9 Å². The third kappa shape index (κ3) is 3.53. The maximum Gasteiger partial charge on any atom is 0.331 e. The summed E-state index contributed by atoms with van der Waals surface area (Å²) in [4.78, 5) is 23.3. The highest BCUT2D eigenvalue weighted by molar-refractivity contribution is 5.86. The average molecular weight is 305 g/mol. The summed E-state index contributed by atoms with van der Waals surface area (Å²) in [6, 6.07) is 0. The van der Waals surface area contributed by atoms with Crippen molar-refractivity contribution < 1.29 is 14.3 Å². The van der Waals surface area contributed by atoms with Crippen LogP contribution in [0, 0.1) is 23.2 Å². The Kier molecular flexibility index (Phi) is 4.28. The van der Waals surface area contributed by atoms with Crippen LogP contribution < -0.4 is 5.32 Å². The summed E-state index contributed by atoms with van der Waals surface area (Å²) in [5.41, 5.74) is 1.20. The van der Waals surface area contributed by atoms with Gasteiger partial charge in [-0.15, -0.1) is 0 Å². The summed E-state index contributed by atoms with van der Waals surface area (Å²) < 4.78 is 4.96. The van der Waals surface area contributed by atoms with Gasteiger partial charge in [0, 0.05) is 12.6 Å². The zero-order valence-electron chi connectivity index (χ0n) is 13.7. The van der Waals surface area contributed by atoms with Crippen LogP contribution in [-0.2, 0) is 14.3 Å². The highest BCUT2D eigenvalue weighted by atomic mass is 16.5. The van der Waals surface area contributed by atoms with Gasteiger partial charge in [-0.2, -0.15) is 0 Å². The molecule has 4 nitrogen and oxygen atoms in total. The summed E-state index contributed by atoms with van der Waals surface area (Å²) in [6.07, 6.45) is 9.46. The predicted octanol–water partition coefficient (Wildman–Crippen LogP) is 2.83. The summed E-state index contributed by atoms with van der Waals surface area (Å²) >= 11 is 0. The van der Waals surface area contributed by atoms with Gasteiger partial charge in [-0.05, 0) is 75.5 Å². The molecule has 0 unspecified atom stereocenters. The highest BCUT2D eigenvalue weighted by Crippen LogP contribution is 2.59. The maximum absolute atomic E-state index is 11.9. The molecule has 22 heavy (non-hydrogen) atoms. The minimum absolute atomic E-state index is 0.172. The summed E-state index contributed by atoms with van der Waals surface area (Å²) in [6.45, 7) is 4.24. The number of rotatable bonds is 5. The molecule has 4 fully saturated rings. The summed E-state index contributed by atoms with van der Waals surface area (Å²) in [5, 5.41) is 3.01. The lowest BCUT2D eigenvalue weighted by atomic mass is 9.49. The lowest BCUT2D eigenvalue weighted by molar-refractivity contribution is -0.144. The number of allylic oxidation sites excluding steroid dienone is 1. The number of hydrogen-bond acceptors (Lipinski definition) is 3. The van der Waals surface area contributed by atoms with E-state index in [4.69, 9.17) is 4.74 Å². The van der Waals surface area contributed by atoms with Gasteiger partial charge in [0.1, 0.15) is 0 Å². The minimum atomic E-state index is -0.440. The minimum Gasteiger partial charge on any atom is -0.452 e. The van der Waals surface area contributed by atoms with E-state index in [1.165, 1.54) is 44.6 Å². The zero-order chi connectivity index (χ0) is 15.7. The standard InChI is InChI=1S/C18H27NO3/c1-12(2)3-17(21)22-10-16(20)19-11-18-7-13-4-14(8-18)6-15(5-13)9-18/h3,13-15H,4-11H2,1-2H3,(H,19,20). The Morgan fingerprint density at radius 2 is 1.64 bits per heavy atom. The van der Waals surface area contributed by atoms with Crippen LogP contribution in [0.1, 0.15) is 52.4 Å². The smallest absolute Gasteiger partial charge is 0.331 e. The molecular formula is C18H27NO3. The van der Waals surface area contributed by atoms with Gasteiger partial charge < -0.3 is 10.1 Å². The maximum atomic E-state index is 11.9. The van der Waals surface area contributed by atoms with E-state index < -0.39 is 5.97 Å². The Balaban J connectivity index is 1.45. The van der Waals surface area contributed by atoms with Crippen molar-refractivity contribution in [2.45, 2.75) is 52.4 Å². The topological polar surface area (TPSA) is 55.4 Å². The van der Waals surface area contributed by atoms with Gasteiger partial charge in [-0.3, -0.25) is 4.79 Å². The van der Waals surface area contributed by atoms with Gasteiger partial charge in [0.25, 0.3) is 5.91 Å². The van der Waals surface area contributed by atoms with Crippen LogP contribution in [-0.4, -0.2) is 25.0 Å². The molecule has 4 aliphatic carbocycles. The summed E-state index contributed by atoms with van der Waals surface area (Å²) in [7, 11) is 0. The fourth-order valence-electron chi connectivity index (χ4n) is 5.26. The molecule has 0 atom stereocenters. The van der Waals surface area contributed by atoms with Crippen molar-refractivity contribution in [2.24, 2.45) is 23.2 Å². The van der Waals surface area contributed by atoms with E-state index in [1.807, 2.05) is 13.8 Å². The van der Waals surface area contributed by atoms with Crippen LogP contribution in [0.15, 0.2) is 11.6 Å². The van der Waals surface area contributed by atoms with Crippen molar-refractivity contribution in [3.05, 3.63) is 11.6 Å². The van der Waals surface area contributed by atoms with Crippen molar-refractivity contribution in [3.8, 4) is 0 Å². The largest absolute Gasteiger partial charge is 0.452 e. The van der Waals surface area contributed by atoms with Crippen LogP contribution in [0.5, 0.6) is 0 Å². The van der Waals surface area contributed by atoms with E-state index in [-0.39, 0.29) is 12.5 Å². The predicted molar refractivity (Wildman–Crippen MR) is 84.0 cm³/mol. The molecule has 1 amide bonds. The van der Waals surface area contributed by atoms with Crippen LogP contribution >= 0.6 is 0 Å². The second kappa shape index (κ2) is 6.05. The molecule has 4 saturated carbocycles. The second-order valence-electron chi connectivity index (χ2n) is 8.02. The first-order chi connectivity index (χ1) is 10.4. The van der Waals surface area contributed by atoms with Crippen LogP contribution in [0.4, 0.5) is 0 Å². The van der Waals surface area contributed by atoms with Crippen LogP contribution in [0.25, 0.3) is 0 Å². The Hall–Kier alpha value is -1.32. The number of nitrogens with one attached hydrogen (secondary N) is 1. The number of esters is 1. The van der Waals surface area contributed by atoms with Gasteiger partial charge in [-0.1, -0.05) is 5.57 Å². The first-order valence-corrected chi connectivity index (χ1v) is 8.52. The Morgan fingerprint density at radius 3 is 2.14 bits per heavy atom. The molecule has 0 aliphatic heterocycles. The third-order valence-electron chi connectivity index (χ3n) is 5.58. The fourth-order valence-corrected chi connectivity index (χ4v) is 5.26. The van der Waals surface area contributed by atoms with Gasteiger partial charge in [-0.25, -0.2) is 4.79 Å². The molecule has 1 N–H and O–H groups in total. The molecule has 0 spiro atoms.